The second kappa shape index (κ2) is 8.07. The summed E-state index contributed by atoms with van der Waals surface area (Å²) in [7, 11) is 0. The van der Waals surface area contributed by atoms with Crippen molar-refractivity contribution in [2.45, 2.75) is 45.1 Å². The molecule has 2 aliphatic rings. The fourth-order valence-corrected chi connectivity index (χ4v) is 4.76. The van der Waals surface area contributed by atoms with E-state index in [1.54, 1.807) is 0 Å². The summed E-state index contributed by atoms with van der Waals surface area (Å²) < 4.78 is 0. The van der Waals surface area contributed by atoms with E-state index in [0.29, 0.717) is 6.42 Å². The maximum absolute atomic E-state index is 13.6. The van der Waals surface area contributed by atoms with Gasteiger partial charge in [-0.05, 0) is 54.5 Å². The van der Waals surface area contributed by atoms with Crippen molar-refractivity contribution in [1.82, 2.24) is 0 Å². The number of fused-ring (bicyclic) bond motifs is 1. The molecule has 0 saturated heterocycles. The molecule has 0 radical (unpaired) electrons. The molecule has 0 spiro atoms. The van der Waals surface area contributed by atoms with Gasteiger partial charge in [-0.2, -0.15) is 0 Å². The van der Waals surface area contributed by atoms with E-state index in [1.807, 2.05) is 12.1 Å². The molecule has 2 unspecified atom stereocenters. The van der Waals surface area contributed by atoms with Gasteiger partial charge in [-0.25, -0.2) is 0 Å². The summed E-state index contributed by atoms with van der Waals surface area (Å²) in [4.78, 5) is 13.6. The Morgan fingerprint density at radius 3 is 2.23 bits per heavy atom. The molecule has 31 heavy (non-hydrogen) atoms. The summed E-state index contributed by atoms with van der Waals surface area (Å²) in [5, 5.41) is 7.27. The minimum absolute atomic E-state index is 0.150. The monoisotopic (exact) mass is 408 g/mol. The molecule has 5 rings (SSSR count). The fraction of sp³-hybridized carbons (Fsp3) is 0.250. The van der Waals surface area contributed by atoms with Crippen molar-refractivity contribution in [2.75, 3.05) is 10.6 Å². The van der Waals surface area contributed by atoms with Crippen molar-refractivity contribution < 1.29 is 4.79 Å². The van der Waals surface area contributed by atoms with Crippen LogP contribution >= 0.6 is 0 Å². The first-order valence-electron chi connectivity index (χ1n) is 11.2. The number of carbonyl (C=O) groups is 1. The Balaban J connectivity index is 1.57. The zero-order chi connectivity index (χ0) is 21.4. The number of para-hydroxylation sites is 2. The van der Waals surface area contributed by atoms with Crippen LogP contribution in [-0.2, 0) is 11.2 Å². The SMILES string of the molecule is CCc1ccc(C2CC(=O)C3=C(C2)Nc2ccccc2NC3c2ccc(C)cc2)cc1. The summed E-state index contributed by atoms with van der Waals surface area (Å²) in [6.07, 6.45) is 2.42. The molecule has 3 aromatic carbocycles. The van der Waals surface area contributed by atoms with E-state index >= 15 is 0 Å². The third-order valence-electron chi connectivity index (χ3n) is 6.58. The van der Waals surface area contributed by atoms with E-state index in [2.05, 4.69) is 85.1 Å². The van der Waals surface area contributed by atoms with Crippen molar-refractivity contribution in [2.24, 2.45) is 0 Å². The number of anilines is 2. The Labute approximate surface area is 184 Å². The minimum Gasteiger partial charge on any atom is -0.372 e. The van der Waals surface area contributed by atoms with Crippen molar-refractivity contribution in [3.8, 4) is 0 Å². The average molecular weight is 409 g/mol. The zero-order valence-corrected chi connectivity index (χ0v) is 18.1. The molecule has 1 aliphatic heterocycles. The van der Waals surface area contributed by atoms with Gasteiger partial charge in [-0.15, -0.1) is 0 Å². The lowest BCUT2D eigenvalue weighted by molar-refractivity contribution is -0.116. The molecule has 0 saturated carbocycles. The summed E-state index contributed by atoms with van der Waals surface area (Å²) in [6.45, 7) is 4.26. The number of ketones is 1. The van der Waals surface area contributed by atoms with Crippen LogP contribution in [0.15, 0.2) is 84.1 Å². The van der Waals surface area contributed by atoms with Crippen LogP contribution in [0.25, 0.3) is 0 Å². The second-order valence-electron chi connectivity index (χ2n) is 8.67. The van der Waals surface area contributed by atoms with E-state index in [0.717, 1.165) is 41.1 Å². The molecule has 3 nitrogen and oxygen atoms in total. The normalized spacial score (nSPS) is 20.3. The number of benzene rings is 3. The first-order valence-corrected chi connectivity index (χ1v) is 11.2. The molecule has 1 aliphatic carbocycles. The van der Waals surface area contributed by atoms with Crippen molar-refractivity contribution >= 4 is 17.2 Å². The predicted octanol–water partition coefficient (Wildman–Crippen LogP) is 6.54. The average Bonchev–Trinajstić information content (AvgIpc) is 2.96. The molecule has 3 aromatic rings. The molecular weight excluding hydrogens is 380 g/mol. The number of hydrogen-bond donors (Lipinski definition) is 2. The molecule has 3 heteroatoms. The van der Waals surface area contributed by atoms with Crippen molar-refractivity contribution in [3.05, 3.63) is 106 Å². The van der Waals surface area contributed by atoms with Gasteiger partial charge in [0.15, 0.2) is 5.78 Å². The number of Topliss-reactive ketones (excluding diaryl/α,β-unsaturated/α-hetero) is 1. The van der Waals surface area contributed by atoms with Crippen LogP contribution in [0.5, 0.6) is 0 Å². The Bertz CT molecular complexity index is 1140. The Kier molecular flexibility index (Phi) is 5.11. The molecule has 156 valence electrons. The zero-order valence-electron chi connectivity index (χ0n) is 18.1. The van der Waals surface area contributed by atoms with Crippen molar-refractivity contribution in [1.29, 1.82) is 0 Å². The standard InChI is InChI=1S/C28H28N2O/c1-3-19-10-14-20(15-11-19)22-16-25-27(26(31)17-22)28(21-12-8-18(2)9-13-21)30-24-7-5-4-6-23(24)29-25/h4-15,22,28-30H,3,16-17H2,1-2H3. The van der Waals surface area contributed by atoms with Gasteiger partial charge in [0.1, 0.15) is 0 Å². The number of aryl methyl sites for hydroxylation is 2. The highest BCUT2D eigenvalue weighted by Crippen LogP contribution is 2.44. The minimum atomic E-state index is -0.150. The predicted molar refractivity (Wildman–Crippen MR) is 127 cm³/mol. The fourth-order valence-electron chi connectivity index (χ4n) is 4.76. The van der Waals surface area contributed by atoms with Gasteiger partial charge >= 0.3 is 0 Å². The highest BCUT2D eigenvalue weighted by Gasteiger charge is 2.35. The number of nitrogens with one attached hydrogen (secondary N) is 2. The topological polar surface area (TPSA) is 41.1 Å². The molecule has 0 aromatic heterocycles. The van der Waals surface area contributed by atoms with Crippen LogP contribution in [0.1, 0.15) is 54.0 Å². The summed E-state index contributed by atoms with van der Waals surface area (Å²) in [5.74, 6) is 0.429. The maximum Gasteiger partial charge on any atom is 0.163 e. The van der Waals surface area contributed by atoms with Gasteiger partial charge in [0.25, 0.3) is 0 Å². The smallest absolute Gasteiger partial charge is 0.163 e. The lowest BCUT2D eigenvalue weighted by Crippen LogP contribution is -2.26. The quantitative estimate of drug-likeness (QED) is 0.517. The van der Waals surface area contributed by atoms with E-state index in [4.69, 9.17) is 0 Å². The second-order valence-corrected chi connectivity index (χ2v) is 8.67. The van der Waals surface area contributed by atoms with Gasteiger partial charge in [0.05, 0.1) is 17.4 Å². The first kappa shape index (κ1) is 19.6. The number of rotatable bonds is 3. The molecule has 0 fully saturated rings. The van der Waals surface area contributed by atoms with E-state index in [9.17, 15) is 4.79 Å². The third kappa shape index (κ3) is 3.76. The van der Waals surface area contributed by atoms with Gasteiger partial charge in [0.2, 0.25) is 0 Å². The highest BCUT2D eigenvalue weighted by molar-refractivity contribution is 6.01. The van der Waals surface area contributed by atoms with Gasteiger partial charge in [0, 0.05) is 17.7 Å². The Morgan fingerprint density at radius 1 is 0.839 bits per heavy atom. The van der Waals surface area contributed by atoms with Gasteiger partial charge in [-0.3, -0.25) is 4.79 Å². The van der Waals surface area contributed by atoms with Gasteiger partial charge in [-0.1, -0.05) is 73.2 Å². The van der Waals surface area contributed by atoms with Gasteiger partial charge < -0.3 is 10.6 Å². The van der Waals surface area contributed by atoms with Crippen LogP contribution < -0.4 is 10.6 Å². The molecule has 0 amide bonds. The summed E-state index contributed by atoms with van der Waals surface area (Å²) in [6, 6.07) is 25.3. The van der Waals surface area contributed by atoms with Crippen molar-refractivity contribution in [3.63, 3.8) is 0 Å². The van der Waals surface area contributed by atoms with Crippen LogP contribution in [-0.4, -0.2) is 5.78 Å². The summed E-state index contributed by atoms with van der Waals surface area (Å²) >= 11 is 0. The molecule has 2 N–H and O–H groups in total. The number of allylic oxidation sites excluding steroid dienone is 1. The highest BCUT2D eigenvalue weighted by atomic mass is 16.1. The largest absolute Gasteiger partial charge is 0.372 e. The molecule has 1 heterocycles. The lowest BCUT2D eigenvalue weighted by Gasteiger charge is -2.30. The lowest BCUT2D eigenvalue weighted by atomic mass is 9.78. The Hall–Kier alpha value is -3.33. The third-order valence-corrected chi connectivity index (χ3v) is 6.58. The molecular formula is C28H28N2O. The van der Waals surface area contributed by atoms with E-state index in [-0.39, 0.29) is 17.7 Å². The number of carbonyl (C=O) groups excluding carboxylic acids is 1. The van der Waals surface area contributed by atoms with E-state index in [1.165, 1.54) is 16.7 Å². The summed E-state index contributed by atoms with van der Waals surface area (Å²) in [5.41, 5.74) is 8.89. The van der Waals surface area contributed by atoms with Crippen LogP contribution in [0, 0.1) is 6.92 Å². The molecule has 2 atom stereocenters. The molecule has 0 bridgehead atoms. The number of hydrogen-bond acceptors (Lipinski definition) is 3. The van der Waals surface area contributed by atoms with E-state index < -0.39 is 0 Å². The van der Waals surface area contributed by atoms with Crippen LogP contribution in [0.2, 0.25) is 0 Å². The van der Waals surface area contributed by atoms with Crippen LogP contribution in [0.3, 0.4) is 0 Å². The first-order chi connectivity index (χ1) is 15.1. The Morgan fingerprint density at radius 2 is 1.52 bits per heavy atom. The van der Waals surface area contributed by atoms with Crippen LogP contribution in [0.4, 0.5) is 11.4 Å². The maximum atomic E-state index is 13.6.